The summed E-state index contributed by atoms with van der Waals surface area (Å²) in [5.41, 5.74) is 0. The fourth-order valence-corrected chi connectivity index (χ4v) is 3.43. The van der Waals surface area contributed by atoms with Crippen molar-refractivity contribution in [3.8, 4) is 0 Å². The summed E-state index contributed by atoms with van der Waals surface area (Å²) in [6, 6.07) is 0.489. The van der Waals surface area contributed by atoms with Crippen LogP contribution in [0.3, 0.4) is 0 Å². The minimum absolute atomic E-state index is 0.362. The molecule has 2 aliphatic rings. The molecule has 1 aromatic rings. The predicted octanol–water partition coefficient (Wildman–Crippen LogP) is 2.07. The third kappa shape index (κ3) is 4.03. The summed E-state index contributed by atoms with van der Waals surface area (Å²) in [5.74, 6) is 1.16. The highest BCUT2D eigenvalue weighted by Gasteiger charge is 2.28. The highest BCUT2D eigenvalue weighted by Crippen LogP contribution is 2.30. The van der Waals surface area contributed by atoms with Crippen LogP contribution in [0.1, 0.15) is 37.1 Å². The Hall–Kier alpha value is -0.940. The number of rotatable bonds is 6. The van der Waals surface area contributed by atoms with Crippen molar-refractivity contribution in [2.24, 2.45) is 5.92 Å². The van der Waals surface area contributed by atoms with Crippen molar-refractivity contribution in [2.45, 2.75) is 44.6 Å². The Morgan fingerprint density at radius 2 is 2.25 bits per heavy atom. The van der Waals surface area contributed by atoms with Gasteiger partial charge in [0.2, 0.25) is 5.91 Å². The second kappa shape index (κ2) is 6.68. The van der Waals surface area contributed by atoms with Crippen molar-refractivity contribution in [2.75, 3.05) is 19.6 Å². The van der Waals surface area contributed by atoms with E-state index >= 15 is 0 Å². The topological polar surface area (TPSA) is 45.2 Å². The smallest absolute Gasteiger partial charge is 0.222 e. The lowest BCUT2D eigenvalue weighted by molar-refractivity contribution is -0.130. The fraction of sp³-hybridized carbons (Fsp3) is 0.733. The van der Waals surface area contributed by atoms with Crippen LogP contribution >= 0.6 is 11.3 Å². The lowest BCUT2D eigenvalue weighted by Crippen LogP contribution is -2.34. The number of aromatic nitrogens is 1. The van der Waals surface area contributed by atoms with Gasteiger partial charge in [-0.05, 0) is 31.6 Å². The highest BCUT2D eigenvalue weighted by atomic mass is 32.1. The van der Waals surface area contributed by atoms with Gasteiger partial charge in [0.25, 0.3) is 0 Å². The molecule has 2 fully saturated rings. The molecule has 20 heavy (non-hydrogen) atoms. The first-order chi connectivity index (χ1) is 9.81. The molecule has 1 N–H and O–H groups in total. The minimum Gasteiger partial charge on any atom is -0.342 e. The standard InChI is InChI=1S/C15H23N3OS/c19-15-4-3-13(6-9-18(15)11-12-1-2-12)16-7-5-14-17-8-10-20-14/h8,10,12-13,16H,1-7,9,11H2/t13-/m0/s1. The lowest BCUT2D eigenvalue weighted by atomic mass is 10.1. The molecule has 1 aliphatic carbocycles. The van der Waals surface area contributed by atoms with Crippen molar-refractivity contribution in [3.63, 3.8) is 0 Å². The van der Waals surface area contributed by atoms with Gasteiger partial charge < -0.3 is 10.2 Å². The van der Waals surface area contributed by atoms with Crippen molar-refractivity contribution in [1.82, 2.24) is 15.2 Å². The van der Waals surface area contributed by atoms with Crippen molar-refractivity contribution in [1.29, 1.82) is 0 Å². The lowest BCUT2D eigenvalue weighted by Gasteiger charge is -2.20. The third-order valence-electron chi connectivity index (χ3n) is 4.24. The number of carbonyl (C=O) groups is 1. The summed E-state index contributed by atoms with van der Waals surface area (Å²) in [4.78, 5) is 18.5. The van der Waals surface area contributed by atoms with E-state index in [0.717, 1.165) is 44.8 Å². The van der Waals surface area contributed by atoms with Crippen LogP contribution in [0.4, 0.5) is 0 Å². The highest BCUT2D eigenvalue weighted by molar-refractivity contribution is 7.09. The van der Waals surface area contributed by atoms with E-state index in [1.165, 1.54) is 17.8 Å². The van der Waals surface area contributed by atoms with Crippen LogP contribution in [-0.4, -0.2) is 41.5 Å². The Morgan fingerprint density at radius 1 is 1.35 bits per heavy atom. The molecule has 4 nitrogen and oxygen atoms in total. The van der Waals surface area contributed by atoms with Crippen molar-refractivity contribution < 1.29 is 4.79 Å². The average Bonchev–Trinajstić information content (AvgIpc) is 3.15. The van der Waals surface area contributed by atoms with Crippen LogP contribution in [0.5, 0.6) is 0 Å². The predicted molar refractivity (Wildman–Crippen MR) is 80.8 cm³/mol. The summed E-state index contributed by atoms with van der Waals surface area (Å²) in [7, 11) is 0. The largest absolute Gasteiger partial charge is 0.342 e. The number of amides is 1. The van der Waals surface area contributed by atoms with Gasteiger partial charge >= 0.3 is 0 Å². The number of hydrogen-bond acceptors (Lipinski definition) is 4. The van der Waals surface area contributed by atoms with E-state index in [2.05, 4.69) is 15.2 Å². The number of nitrogens with one attached hydrogen (secondary N) is 1. The van der Waals surface area contributed by atoms with Crippen LogP contribution in [-0.2, 0) is 11.2 Å². The molecule has 0 radical (unpaired) electrons. The van der Waals surface area contributed by atoms with Crippen molar-refractivity contribution in [3.05, 3.63) is 16.6 Å². The molecule has 1 atom stereocenters. The van der Waals surface area contributed by atoms with Crippen LogP contribution in [0, 0.1) is 5.92 Å². The summed E-state index contributed by atoms with van der Waals surface area (Å²) in [5, 5.41) is 6.81. The Morgan fingerprint density at radius 3 is 3.00 bits per heavy atom. The summed E-state index contributed by atoms with van der Waals surface area (Å²) >= 11 is 1.71. The number of nitrogens with zero attached hydrogens (tertiary/aromatic N) is 2. The molecule has 1 saturated carbocycles. The molecule has 0 aromatic carbocycles. The maximum atomic E-state index is 12.1. The van der Waals surface area contributed by atoms with Gasteiger partial charge in [-0.3, -0.25) is 4.79 Å². The molecule has 1 amide bonds. The van der Waals surface area contributed by atoms with E-state index < -0.39 is 0 Å². The van der Waals surface area contributed by atoms with Crippen LogP contribution in [0.15, 0.2) is 11.6 Å². The van der Waals surface area contributed by atoms with E-state index in [4.69, 9.17) is 0 Å². The monoisotopic (exact) mass is 293 g/mol. The maximum absolute atomic E-state index is 12.1. The fourth-order valence-electron chi connectivity index (χ4n) is 2.81. The Kier molecular flexibility index (Phi) is 4.68. The average molecular weight is 293 g/mol. The zero-order chi connectivity index (χ0) is 13.8. The number of thiazole rings is 1. The van der Waals surface area contributed by atoms with Crippen LogP contribution < -0.4 is 5.32 Å². The molecular formula is C15H23N3OS. The second-order valence-electron chi connectivity index (χ2n) is 5.94. The van der Waals surface area contributed by atoms with E-state index in [0.29, 0.717) is 18.4 Å². The normalized spacial score (nSPS) is 23.9. The van der Waals surface area contributed by atoms with Gasteiger partial charge in [-0.25, -0.2) is 4.98 Å². The first kappa shape index (κ1) is 14.0. The van der Waals surface area contributed by atoms with Crippen LogP contribution in [0.25, 0.3) is 0 Å². The molecule has 110 valence electrons. The SMILES string of the molecule is O=C1CC[C@H](NCCc2nccs2)CCN1CC1CC1. The van der Waals surface area contributed by atoms with Gasteiger partial charge in [0.05, 0.1) is 5.01 Å². The first-order valence-electron chi connectivity index (χ1n) is 7.71. The number of hydrogen-bond donors (Lipinski definition) is 1. The first-order valence-corrected chi connectivity index (χ1v) is 8.59. The molecule has 5 heteroatoms. The Bertz CT molecular complexity index is 430. The van der Waals surface area contributed by atoms with E-state index in [9.17, 15) is 4.79 Å². The minimum atomic E-state index is 0.362. The molecular weight excluding hydrogens is 270 g/mol. The van der Waals surface area contributed by atoms with E-state index in [1.807, 2.05) is 11.6 Å². The van der Waals surface area contributed by atoms with Gasteiger partial charge in [0.15, 0.2) is 0 Å². The molecule has 1 aliphatic heterocycles. The van der Waals surface area contributed by atoms with Crippen LogP contribution in [0.2, 0.25) is 0 Å². The van der Waals surface area contributed by atoms with Gasteiger partial charge in [-0.1, -0.05) is 0 Å². The second-order valence-corrected chi connectivity index (χ2v) is 6.92. The van der Waals surface area contributed by atoms with Gasteiger partial charge in [0, 0.05) is 50.1 Å². The summed E-state index contributed by atoms with van der Waals surface area (Å²) in [6.45, 7) is 2.91. The van der Waals surface area contributed by atoms with Crippen molar-refractivity contribution >= 4 is 17.2 Å². The summed E-state index contributed by atoms with van der Waals surface area (Å²) < 4.78 is 0. The number of likely N-dealkylation sites (tertiary alicyclic amines) is 1. The zero-order valence-corrected chi connectivity index (χ0v) is 12.7. The quantitative estimate of drug-likeness (QED) is 0.873. The molecule has 2 heterocycles. The molecule has 1 aromatic heterocycles. The number of carbonyl (C=O) groups excluding carboxylic acids is 1. The Labute approximate surface area is 124 Å². The maximum Gasteiger partial charge on any atom is 0.222 e. The molecule has 1 saturated heterocycles. The molecule has 3 rings (SSSR count). The molecule has 0 bridgehead atoms. The van der Waals surface area contributed by atoms with E-state index in [-0.39, 0.29) is 0 Å². The Balaban J connectivity index is 1.40. The molecule has 0 spiro atoms. The summed E-state index contributed by atoms with van der Waals surface area (Å²) in [6.07, 6.45) is 8.28. The van der Waals surface area contributed by atoms with Gasteiger partial charge in [-0.15, -0.1) is 11.3 Å². The van der Waals surface area contributed by atoms with Gasteiger partial charge in [0.1, 0.15) is 0 Å². The zero-order valence-electron chi connectivity index (χ0n) is 11.9. The third-order valence-corrected chi connectivity index (χ3v) is 5.08. The van der Waals surface area contributed by atoms with E-state index in [1.54, 1.807) is 11.3 Å². The molecule has 0 unspecified atom stereocenters. The van der Waals surface area contributed by atoms with Gasteiger partial charge in [-0.2, -0.15) is 0 Å².